The molecule has 3 N–H and O–H groups in total. The third-order valence-electron chi connectivity index (χ3n) is 5.57. The molecule has 0 radical (unpaired) electrons. The zero-order valence-corrected chi connectivity index (χ0v) is 18.1. The number of carbonyl (C=O) groups excluding carboxylic acids is 3. The SMILES string of the molecule is Cc1c(C(N)=O)cc([N+](=O)[O-])c(-c2cccc(NC3=CC(=O)c4ccccc4C3=O)c2)c1[N+](=O)[O-]. The Labute approximate surface area is 197 Å². The first-order valence-corrected chi connectivity index (χ1v) is 10.1. The molecule has 0 aromatic heterocycles. The van der Waals surface area contributed by atoms with Gasteiger partial charge in [-0.25, -0.2) is 0 Å². The predicted molar refractivity (Wildman–Crippen MR) is 125 cm³/mol. The summed E-state index contributed by atoms with van der Waals surface area (Å²) in [6, 6.07) is 13.0. The summed E-state index contributed by atoms with van der Waals surface area (Å²) in [5, 5.41) is 26.5. The molecule has 0 unspecified atom stereocenters. The minimum absolute atomic E-state index is 0.0184. The summed E-state index contributed by atoms with van der Waals surface area (Å²) in [7, 11) is 0. The fourth-order valence-electron chi connectivity index (χ4n) is 3.98. The number of ketones is 2. The highest BCUT2D eigenvalue weighted by molar-refractivity contribution is 6.25. The van der Waals surface area contributed by atoms with Crippen molar-refractivity contribution in [3.63, 3.8) is 0 Å². The number of rotatable bonds is 6. The van der Waals surface area contributed by atoms with Crippen LogP contribution < -0.4 is 11.1 Å². The minimum atomic E-state index is -1.04. The molecule has 174 valence electrons. The van der Waals surface area contributed by atoms with E-state index in [1.165, 1.54) is 37.3 Å². The van der Waals surface area contributed by atoms with E-state index in [-0.39, 0.29) is 50.5 Å². The van der Waals surface area contributed by atoms with Crippen molar-refractivity contribution in [2.75, 3.05) is 5.32 Å². The van der Waals surface area contributed by atoms with Crippen molar-refractivity contribution in [1.29, 1.82) is 0 Å². The first kappa shape index (κ1) is 23.0. The Balaban J connectivity index is 1.83. The average Bonchev–Trinajstić information content (AvgIpc) is 2.81. The van der Waals surface area contributed by atoms with E-state index in [4.69, 9.17) is 5.73 Å². The highest BCUT2D eigenvalue weighted by atomic mass is 16.6. The lowest BCUT2D eigenvalue weighted by Gasteiger charge is -2.17. The van der Waals surface area contributed by atoms with Gasteiger partial charge in [-0.1, -0.05) is 36.4 Å². The molecule has 11 nitrogen and oxygen atoms in total. The van der Waals surface area contributed by atoms with Gasteiger partial charge in [0.05, 0.1) is 21.1 Å². The monoisotopic (exact) mass is 472 g/mol. The van der Waals surface area contributed by atoms with Crippen LogP contribution in [-0.4, -0.2) is 27.3 Å². The number of allylic oxidation sites excluding steroid dienone is 2. The first-order chi connectivity index (χ1) is 16.6. The number of carbonyl (C=O) groups is 3. The maximum atomic E-state index is 12.8. The largest absolute Gasteiger partial charge is 0.366 e. The summed E-state index contributed by atoms with van der Waals surface area (Å²) in [5.74, 6) is -1.84. The first-order valence-electron chi connectivity index (χ1n) is 10.1. The van der Waals surface area contributed by atoms with Gasteiger partial charge in [0.2, 0.25) is 11.7 Å². The lowest BCUT2D eigenvalue weighted by Crippen LogP contribution is -2.21. The predicted octanol–water partition coefficient (Wildman–Crippen LogP) is 3.95. The molecule has 0 fully saturated rings. The Bertz CT molecular complexity index is 1510. The summed E-state index contributed by atoms with van der Waals surface area (Å²) < 4.78 is 0. The number of hydrogen-bond acceptors (Lipinski definition) is 8. The van der Waals surface area contributed by atoms with E-state index in [1.54, 1.807) is 18.2 Å². The molecule has 11 heteroatoms. The van der Waals surface area contributed by atoms with Crippen molar-refractivity contribution in [1.82, 2.24) is 0 Å². The number of benzene rings is 3. The number of anilines is 1. The Hall–Kier alpha value is -5.19. The van der Waals surface area contributed by atoms with Crippen molar-refractivity contribution < 1.29 is 24.2 Å². The van der Waals surface area contributed by atoms with Crippen molar-refractivity contribution in [3.05, 3.63) is 109 Å². The van der Waals surface area contributed by atoms with Gasteiger partial charge < -0.3 is 11.1 Å². The second-order valence-corrected chi connectivity index (χ2v) is 7.67. The second kappa shape index (κ2) is 8.63. The number of nitro groups is 2. The third kappa shape index (κ3) is 4.02. The quantitative estimate of drug-likeness (QED) is 0.400. The van der Waals surface area contributed by atoms with Gasteiger partial charge in [0, 0.05) is 34.5 Å². The lowest BCUT2D eigenvalue weighted by molar-refractivity contribution is -0.393. The van der Waals surface area contributed by atoms with Crippen LogP contribution in [0.4, 0.5) is 17.1 Å². The van der Waals surface area contributed by atoms with Crippen LogP contribution in [0.3, 0.4) is 0 Å². The van der Waals surface area contributed by atoms with E-state index in [9.17, 15) is 34.6 Å². The molecule has 0 bridgehead atoms. The van der Waals surface area contributed by atoms with Crippen LogP contribution in [0.1, 0.15) is 36.6 Å². The summed E-state index contributed by atoms with van der Waals surface area (Å²) in [5.41, 5.74) is 4.00. The van der Waals surface area contributed by atoms with Crippen LogP contribution in [-0.2, 0) is 0 Å². The molecule has 0 aliphatic heterocycles. The van der Waals surface area contributed by atoms with E-state index in [0.29, 0.717) is 0 Å². The molecule has 3 aromatic carbocycles. The molecule has 3 aromatic rings. The van der Waals surface area contributed by atoms with Crippen molar-refractivity contribution in [3.8, 4) is 11.1 Å². The van der Waals surface area contributed by atoms with E-state index in [0.717, 1.165) is 12.1 Å². The zero-order chi connectivity index (χ0) is 25.4. The van der Waals surface area contributed by atoms with E-state index >= 15 is 0 Å². The van der Waals surface area contributed by atoms with Crippen LogP contribution in [0.15, 0.2) is 66.4 Å². The minimum Gasteiger partial charge on any atom is -0.366 e. The number of nitrogens with zero attached hydrogens (tertiary/aromatic N) is 2. The lowest BCUT2D eigenvalue weighted by atomic mass is 9.92. The molecule has 0 saturated carbocycles. The molecule has 1 aliphatic rings. The number of amides is 1. The zero-order valence-electron chi connectivity index (χ0n) is 18.1. The average molecular weight is 472 g/mol. The summed E-state index contributed by atoms with van der Waals surface area (Å²) in [6.45, 7) is 1.28. The van der Waals surface area contributed by atoms with Gasteiger partial charge in [0.15, 0.2) is 5.78 Å². The van der Waals surface area contributed by atoms with Gasteiger partial charge in [0.25, 0.3) is 11.4 Å². The highest BCUT2D eigenvalue weighted by Crippen LogP contribution is 2.42. The van der Waals surface area contributed by atoms with Crippen LogP contribution >= 0.6 is 0 Å². The maximum absolute atomic E-state index is 12.8. The second-order valence-electron chi connectivity index (χ2n) is 7.67. The van der Waals surface area contributed by atoms with Crippen molar-refractivity contribution in [2.45, 2.75) is 6.92 Å². The van der Waals surface area contributed by atoms with Gasteiger partial charge in [-0.2, -0.15) is 0 Å². The Morgan fingerprint density at radius 2 is 1.63 bits per heavy atom. The van der Waals surface area contributed by atoms with Crippen LogP contribution in [0.5, 0.6) is 0 Å². The highest BCUT2D eigenvalue weighted by Gasteiger charge is 2.33. The fraction of sp³-hybridized carbons (Fsp3) is 0.0417. The molecule has 0 heterocycles. The number of Topliss-reactive ketones (excluding diaryl/α,β-unsaturated/α-hetero) is 1. The standard InChI is InChI=1S/C24H16N4O7/c1-12-17(24(25)31)10-19(27(32)33)21(22(12)28(34)35)13-5-4-6-14(9-13)26-18-11-20(29)15-7-2-3-8-16(15)23(18)30/h2-11,26H,1H3,(H2,25,31). The number of nitro benzene ring substituents is 2. The number of nitrogens with one attached hydrogen (secondary N) is 1. The number of fused-ring (bicyclic) bond motifs is 1. The van der Waals surface area contributed by atoms with Gasteiger partial charge in [-0.3, -0.25) is 34.6 Å². The number of primary amides is 1. The van der Waals surface area contributed by atoms with Crippen molar-refractivity contribution >= 4 is 34.5 Å². The van der Waals surface area contributed by atoms with E-state index in [1.807, 2.05) is 0 Å². The van der Waals surface area contributed by atoms with Gasteiger partial charge in [0.1, 0.15) is 5.56 Å². The van der Waals surface area contributed by atoms with Gasteiger partial charge in [-0.05, 0) is 24.6 Å². The third-order valence-corrected chi connectivity index (χ3v) is 5.57. The molecule has 0 saturated heterocycles. The number of nitrogens with two attached hydrogens (primary N) is 1. The van der Waals surface area contributed by atoms with Crippen LogP contribution in [0, 0.1) is 27.2 Å². The molecular weight excluding hydrogens is 456 g/mol. The van der Waals surface area contributed by atoms with Crippen LogP contribution in [0.25, 0.3) is 11.1 Å². The Morgan fingerprint density at radius 1 is 0.943 bits per heavy atom. The Kier molecular flexibility index (Phi) is 5.67. The van der Waals surface area contributed by atoms with Crippen molar-refractivity contribution in [2.24, 2.45) is 5.73 Å². The molecule has 0 atom stereocenters. The molecule has 0 spiro atoms. The van der Waals surface area contributed by atoms with E-state index in [2.05, 4.69) is 5.32 Å². The van der Waals surface area contributed by atoms with E-state index < -0.39 is 32.9 Å². The van der Waals surface area contributed by atoms with Gasteiger partial charge in [-0.15, -0.1) is 0 Å². The topological polar surface area (TPSA) is 176 Å². The van der Waals surface area contributed by atoms with Gasteiger partial charge >= 0.3 is 0 Å². The molecule has 4 rings (SSSR count). The summed E-state index contributed by atoms with van der Waals surface area (Å²) in [6.07, 6.45) is 1.15. The fourth-order valence-corrected chi connectivity index (χ4v) is 3.98. The molecule has 35 heavy (non-hydrogen) atoms. The molecular formula is C24H16N4O7. The maximum Gasteiger partial charge on any atom is 0.287 e. The molecule has 1 amide bonds. The smallest absolute Gasteiger partial charge is 0.287 e. The summed E-state index contributed by atoms with van der Waals surface area (Å²) in [4.78, 5) is 59.0. The normalized spacial score (nSPS) is 12.5. The number of hydrogen-bond donors (Lipinski definition) is 2. The van der Waals surface area contributed by atoms with Crippen LogP contribution in [0.2, 0.25) is 0 Å². The molecule has 1 aliphatic carbocycles. The summed E-state index contributed by atoms with van der Waals surface area (Å²) >= 11 is 0. The Morgan fingerprint density at radius 3 is 2.26 bits per heavy atom.